The number of halogens is 1. The number of pyridine rings is 1. The van der Waals surface area contributed by atoms with Crippen molar-refractivity contribution in [3.63, 3.8) is 0 Å². The number of benzene rings is 1. The lowest BCUT2D eigenvalue weighted by Crippen LogP contribution is -2.17. The van der Waals surface area contributed by atoms with Gasteiger partial charge in [-0.05, 0) is 55.2 Å². The highest BCUT2D eigenvalue weighted by atomic mass is 35.5. The first-order valence-corrected chi connectivity index (χ1v) is 7.63. The molecule has 1 aliphatic rings. The molecule has 2 aromatic heterocycles. The zero-order chi connectivity index (χ0) is 14.4. The first-order valence-electron chi connectivity index (χ1n) is 7.25. The van der Waals surface area contributed by atoms with Crippen LogP contribution in [0.25, 0.3) is 16.6 Å². The summed E-state index contributed by atoms with van der Waals surface area (Å²) in [5, 5.41) is 1.72. The second-order valence-corrected chi connectivity index (χ2v) is 5.96. The Kier molecular flexibility index (Phi) is 2.98. The van der Waals surface area contributed by atoms with Crippen molar-refractivity contribution >= 4 is 22.5 Å². The monoisotopic (exact) mass is 297 g/mol. The summed E-state index contributed by atoms with van der Waals surface area (Å²) in [7, 11) is 0. The number of fused-ring (bicyclic) bond motifs is 2. The minimum absolute atomic E-state index is 0.154. The van der Waals surface area contributed by atoms with Crippen molar-refractivity contribution in [3.8, 4) is 5.69 Å². The largest absolute Gasteiger partial charge is 0.324 e. The number of rotatable bonds is 1. The third-order valence-electron chi connectivity index (χ3n) is 4.31. The SMILES string of the molecule is NC1CCCc2c1ccn2-c1ccc(Cl)c2cccnc12. The van der Waals surface area contributed by atoms with Crippen LogP contribution in [-0.2, 0) is 6.42 Å². The predicted molar refractivity (Wildman–Crippen MR) is 85.9 cm³/mol. The van der Waals surface area contributed by atoms with Crippen LogP contribution in [0.2, 0.25) is 5.02 Å². The van der Waals surface area contributed by atoms with E-state index in [0.29, 0.717) is 0 Å². The third-order valence-corrected chi connectivity index (χ3v) is 4.64. The summed E-state index contributed by atoms with van der Waals surface area (Å²) in [5.41, 5.74) is 10.8. The second kappa shape index (κ2) is 4.86. The molecule has 0 amide bonds. The van der Waals surface area contributed by atoms with Crippen LogP contribution in [0, 0.1) is 0 Å². The Bertz CT molecular complexity index is 822. The fraction of sp³-hybridized carbons (Fsp3) is 0.235. The van der Waals surface area contributed by atoms with E-state index in [0.717, 1.165) is 40.9 Å². The van der Waals surface area contributed by atoms with Gasteiger partial charge < -0.3 is 10.3 Å². The van der Waals surface area contributed by atoms with Crippen molar-refractivity contribution < 1.29 is 0 Å². The van der Waals surface area contributed by atoms with Gasteiger partial charge in [-0.2, -0.15) is 0 Å². The molecule has 4 heteroatoms. The molecule has 2 heterocycles. The molecule has 1 aliphatic carbocycles. The maximum absolute atomic E-state index is 6.29. The highest BCUT2D eigenvalue weighted by Gasteiger charge is 2.21. The summed E-state index contributed by atoms with van der Waals surface area (Å²) in [5.74, 6) is 0. The van der Waals surface area contributed by atoms with Gasteiger partial charge in [0.2, 0.25) is 0 Å². The zero-order valence-electron chi connectivity index (χ0n) is 11.6. The summed E-state index contributed by atoms with van der Waals surface area (Å²) < 4.78 is 2.22. The smallest absolute Gasteiger partial charge is 0.0957 e. The van der Waals surface area contributed by atoms with Crippen LogP contribution in [0.5, 0.6) is 0 Å². The Hall–Kier alpha value is -1.84. The Morgan fingerprint density at radius 3 is 3.05 bits per heavy atom. The molecule has 3 aromatic rings. The Morgan fingerprint density at radius 2 is 2.14 bits per heavy atom. The van der Waals surface area contributed by atoms with E-state index in [-0.39, 0.29) is 6.04 Å². The lowest BCUT2D eigenvalue weighted by molar-refractivity contribution is 0.560. The summed E-state index contributed by atoms with van der Waals surface area (Å²) in [6, 6.07) is 10.2. The van der Waals surface area contributed by atoms with E-state index in [1.807, 2.05) is 30.5 Å². The molecule has 0 saturated heterocycles. The summed E-state index contributed by atoms with van der Waals surface area (Å²) >= 11 is 6.29. The van der Waals surface area contributed by atoms with Crippen LogP contribution in [0.15, 0.2) is 42.7 Å². The lowest BCUT2D eigenvalue weighted by atomic mass is 9.93. The quantitative estimate of drug-likeness (QED) is 0.737. The van der Waals surface area contributed by atoms with Gasteiger partial charge in [-0.1, -0.05) is 11.6 Å². The fourth-order valence-electron chi connectivity index (χ4n) is 3.27. The number of aromatic nitrogens is 2. The lowest BCUT2D eigenvalue weighted by Gasteiger charge is -2.21. The van der Waals surface area contributed by atoms with E-state index in [9.17, 15) is 0 Å². The van der Waals surface area contributed by atoms with Crippen molar-refractivity contribution in [3.05, 3.63) is 59.0 Å². The Morgan fingerprint density at radius 1 is 1.24 bits per heavy atom. The van der Waals surface area contributed by atoms with Gasteiger partial charge in [-0.15, -0.1) is 0 Å². The third kappa shape index (κ3) is 1.96. The van der Waals surface area contributed by atoms with Gasteiger partial charge in [0.25, 0.3) is 0 Å². The van der Waals surface area contributed by atoms with Crippen LogP contribution in [0.4, 0.5) is 0 Å². The molecule has 0 saturated carbocycles. The van der Waals surface area contributed by atoms with Crippen LogP contribution < -0.4 is 5.73 Å². The van der Waals surface area contributed by atoms with E-state index < -0.39 is 0 Å². The second-order valence-electron chi connectivity index (χ2n) is 5.55. The van der Waals surface area contributed by atoms with Crippen molar-refractivity contribution in [1.29, 1.82) is 0 Å². The predicted octanol–water partition coefficient (Wildman–Crippen LogP) is 4.02. The van der Waals surface area contributed by atoms with E-state index >= 15 is 0 Å². The van der Waals surface area contributed by atoms with Crippen molar-refractivity contribution in [2.75, 3.05) is 0 Å². The molecule has 21 heavy (non-hydrogen) atoms. The van der Waals surface area contributed by atoms with Gasteiger partial charge in [0, 0.05) is 29.5 Å². The normalized spacial score (nSPS) is 17.9. The molecule has 0 bridgehead atoms. The van der Waals surface area contributed by atoms with E-state index in [1.54, 1.807) is 0 Å². The molecule has 106 valence electrons. The number of hydrogen-bond acceptors (Lipinski definition) is 2. The molecule has 3 nitrogen and oxygen atoms in total. The molecule has 0 fully saturated rings. The number of nitrogens with zero attached hydrogens (tertiary/aromatic N) is 2. The van der Waals surface area contributed by atoms with E-state index in [4.69, 9.17) is 17.3 Å². The summed E-state index contributed by atoms with van der Waals surface area (Å²) in [6.45, 7) is 0. The minimum atomic E-state index is 0.154. The van der Waals surface area contributed by atoms with E-state index in [2.05, 4.69) is 21.8 Å². The van der Waals surface area contributed by atoms with Crippen LogP contribution in [0.1, 0.15) is 30.1 Å². The van der Waals surface area contributed by atoms with Gasteiger partial charge in [0.15, 0.2) is 0 Å². The Labute approximate surface area is 128 Å². The maximum atomic E-state index is 6.29. The molecule has 1 atom stereocenters. The fourth-order valence-corrected chi connectivity index (χ4v) is 3.49. The minimum Gasteiger partial charge on any atom is -0.324 e. The molecular formula is C17H16ClN3. The van der Waals surface area contributed by atoms with Crippen molar-refractivity contribution in [2.24, 2.45) is 5.73 Å². The first-order chi connectivity index (χ1) is 10.3. The standard InChI is InChI=1S/C17H16ClN3/c18-13-6-7-16(17-11(13)3-2-9-20-17)21-10-8-12-14(19)4-1-5-15(12)21/h2-3,6-10,14H,1,4-5,19H2. The van der Waals surface area contributed by atoms with Crippen molar-refractivity contribution in [2.45, 2.75) is 25.3 Å². The highest BCUT2D eigenvalue weighted by molar-refractivity contribution is 6.35. The molecular weight excluding hydrogens is 282 g/mol. The highest BCUT2D eigenvalue weighted by Crippen LogP contribution is 2.33. The first kappa shape index (κ1) is 12.9. The molecule has 4 rings (SSSR count). The number of nitrogens with two attached hydrogens (primary N) is 1. The summed E-state index contributed by atoms with van der Waals surface area (Å²) in [4.78, 5) is 4.53. The number of hydrogen-bond donors (Lipinski definition) is 1. The van der Waals surface area contributed by atoms with E-state index in [1.165, 1.54) is 11.3 Å². The van der Waals surface area contributed by atoms with Crippen LogP contribution >= 0.6 is 11.6 Å². The molecule has 0 spiro atoms. The zero-order valence-corrected chi connectivity index (χ0v) is 12.3. The average molecular weight is 298 g/mol. The van der Waals surface area contributed by atoms with Gasteiger partial charge in [0.1, 0.15) is 0 Å². The molecule has 0 radical (unpaired) electrons. The van der Waals surface area contributed by atoms with Crippen LogP contribution in [-0.4, -0.2) is 9.55 Å². The van der Waals surface area contributed by atoms with Gasteiger partial charge in [-0.25, -0.2) is 0 Å². The van der Waals surface area contributed by atoms with Crippen molar-refractivity contribution in [1.82, 2.24) is 9.55 Å². The Balaban J connectivity index is 1.98. The molecule has 1 aromatic carbocycles. The molecule has 2 N–H and O–H groups in total. The summed E-state index contributed by atoms with van der Waals surface area (Å²) in [6.07, 6.45) is 7.18. The van der Waals surface area contributed by atoms with Gasteiger partial charge in [-0.3, -0.25) is 4.98 Å². The van der Waals surface area contributed by atoms with Gasteiger partial charge in [0.05, 0.1) is 16.2 Å². The van der Waals surface area contributed by atoms with Crippen LogP contribution in [0.3, 0.4) is 0 Å². The maximum Gasteiger partial charge on any atom is 0.0957 e. The van der Waals surface area contributed by atoms with Gasteiger partial charge >= 0.3 is 0 Å². The molecule has 1 unspecified atom stereocenters. The molecule has 0 aliphatic heterocycles. The topological polar surface area (TPSA) is 43.8 Å². The average Bonchev–Trinajstić information content (AvgIpc) is 2.93.